The molecule has 2 heterocycles. The minimum atomic E-state index is 0.923. The van der Waals surface area contributed by atoms with Gasteiger partial charge in [-0.05, 0) is 97.9 Å². The van der Waals surface area contributed by atoms with Gasteiger partial charge in [-0.25, -0.2) is 0 Å². The molecular weight excluding hydrogens is 553 g/mol. The number of hydrogen-bond acceptors (Lipinski definition) is 2. The lowest BCUT2D eigenvalue weighted by molar-refractivity contribution is 0.673. The lowest BCUT2D eigenvalue weighted by atomic mass is 9.85. The Balaban J connectivity index is 1.25. The predicted octanol–water partition coefficient (Wildman–Crippen LogP) is 12.6. The Morgan fingerprint density at radius 2 is 1.16 bits per heavy atom. The summed E-state index contributed by atoms with van der Waals surface area (Å²) in [7, 11) is 0. The zero-order valence-corrected chi connectivity index (χ0v) is 24.7. The molecule has 0 atom stereocenters. The summed E-state index contributed by atoms with van der Waals surface area (Å²) in [6.07, 6.45) is 6.94. The second-order valence-corrected chi connectivity index (χ2v) is 13.0. The van der Waals surface area contributed by atoms with E-state index in [4.69, 9.17) is 4.42 Å². The fourth-order valence-corrected chi connectivity index (χ4v) is 8.71. The molecule has 1 aliphatic rings. The minimum absolute atomic E-state index is 0.923. The van der Waals surface area contributed by atoms with Crippen molar-refractivity contribution in [2.24, 2.45) is 0 Å². The summed E-state index contributed by atoms with van der Waals surface area (Å²) < 4.78 is 8.00. The average Bonchev–Trinajstić information content (AvgIpc) is 3.65. The number of furan rings is 1. The molecule has 0 aliphatic heterocycles. The van der Waals surface area contributed by atoms with E-state index in [0.29, 0.717) is 0 Å². The second kappa shape index (κ2) is 9.16. The highest BCUT2D eigenvalue weighted by atomic mass is 32.1. The van der Waals surface area contributed by atoms with Gasteiger partial charge in [0, 0.05) is 31.1 Å². The predicted molar refractivity (Wildman–Crippen MR) is 190 cm³/mol. The summed E-state index contributed by atoms with van der Waals surface area (Å²) in [5, 5.41) is 11.1. The molecule has 1 nitrogen and oxygen atoms in total. The van der Waals surface area contributed by atoms with Crippen LogP contribution in [0.3, 0.4) is 0 Å². The van der Waals surface area contributed by atoms with E-state index >= 15 is 0 Å². The van der Waals surface area contributed by atoms with Crippen LogP contribution in [-0.4, -0.2) is 0 Å². The van der Waals surface area contributed by atoms with Gasteiger partial charge in [-0.3, -0.25) is 0 Å². The summed E-state index contributed by atoms with van der Waals surface area (Å²) in [4.78, 5) is 1.51. The second-order valence-electron chi connectivity index (χ2n) is 11.9. The molecule has 0 fully saturated rings. The molecular formula is C42H26OS. The molecule has 0 N–H and O–H groups in total. The van der Waals surface area contributed by atoms with E-state index in [9.17, 15) is 0 Å². The molecule has 206 valence electrons. The van der Waals surface area contributed by atoms with Crippen LogP contribution in [0.5, 0.6) is 0 Å². The van der Waals surface area contributed by atoms with E-state index in [1.54, 1.807) is 0 Å². The van der Waals surface area contributed by atoms with Gasteiger partial charge in [0.15, 0.2) is 0 Å². The Bertz CT molecular complexity index is 2610. The summed E-state index contributed by atoms with van der Waals surface area (Å²) in [6, 6.07) is 44.5. The number of hydrogen-bond donors (Lipinski definition) is 0. The smallest absolute Gasteiger partial charge is 0.143 e. The summed E-state index contributed by atoms with van der Waals surface area (Å²) in [5.41, 5.74) is 8.30. The van der Waals surface area contributed by atoms with Crippen LogP contribution in [0, 0.1) is 0 Å². The van der Waals surface area contributed by atoms with Gasteiger partial charge in [-0.15, -0.1) is 11.3 Å². The number of fused-ring (bicyclic) bond motifs is 10. The first-order valence-electron chi connectivity index (χ1n) is 15.3. The third-order valence-electron chi connectivity index (χ3n) is 9.50. The number of rotatable bonds is 2. The highest BCUT2D eigenvalue weighted by Gasteiger charge is 2.20. The van der Waals surface area contributed by atoms with Gasteiger partial charge < -0.3 is 4.42 Å². The van der Waals surface area contributed by atoms with Crippen LogP contribution in [0.2, 0.25) is 0 Å². The van der Waals surface area contributed by atoms with E-state index in [1.165, 1.54) is 69.7 Å². The van der Waals surface area contributed by atoms with Crippen molar-refractivity contribution in [3.8, 4) is 22.3 Å². The van der Waals surface area contributed by atoms with Crippen LogP contribution in [0.4, 0.5) is 0 Å². The summed E-state index contributed by atoms with van der Waals surface area (Å²) >= 11 is 1.95. The number of aryl methyl sites for hydroxylation is 1. The quantitative estimate of drug-likeness (QED) is 0.186. The van der Waals surface area contributed by atoms with Crippen LogP contribution in [0.25, 0.3) is 92.7 Å². The molecule has 7 aromatic carbocycles. The first kappa shape index (κ1) is 24.3. The lowest BCUT2D eigenvalue weighted by Gasteiger charge is -2.18. The molecule has 0 unspecified atom stereocenters. The van der Waals surface area contributed by atoms with Crippen LogP contribution >= 0.6 is 11.3 Å². The van der Waals surface area contributed by atoms with Gasteiger partial charge in [0.2, 0.25) is 0 Å². The van der Waals surface area contributed by atoms with Crippen LogP contribution in [0.1, 0.15) is 16.9 Å². The molecule has 0 spiro atoms. The molecule has 0 amide bonds. The van der Waals surface area contributed by atoms with Gasteiger partial charge in [0.1, 0.15) is 11.2 Å². The van der Waals surface area contributed by atoms with Gasteiger partial charge in [0.25, 0.3) is 0 Å². The van der Waals surface area contributed by atoms with Crippen molar-refractivity contribution in [3.05, 3.63) is 138 Å². The van der Waals surface area contributed by atoms with Gasteiger partial charge >= 0.3 is 0 Å². The maximum Gasteiger partial charge on any atom is 0.143 e. The number of allylic oxidation sites excluding steroid dienone is 1. The fraction of sp³-hybridized carbons (Fsp3) is 0.0476. The molecule has 9 aromatic rings. The zero-order chi connectivity index (χ0) is 28.8. The molecule has 44 heavy (non-hydrogen) atoms. The van der Waals surface area contributed by atoms with Crippen molar-refractivity contribution in [1.82, 2.24) is 0 Å². The molecule has 10 rings (SSSR count). The molecule has 0 bridgehead atoms. The van der Waals surface area contributed by atoms with E-state index in [-0.39, 0.29) is 0 Å². The molecule has 1 aliphatic carbocycles. The van der Waals surface area contributed by atoms with Crippen LogP contribution in [-0.2, 0) is 6.42 Å². The van der Waals surface area contributed by atoms with E-state index in [1.807, 2.05) is 11.3 Å². The Hall–Kier alpha value is -5.18. The van der Waals surface area contributed by atoms with Crippen molar-refractivity contribution >= 4 is 81.8 Å². The van der Waals surface area contributed by atoms with Crippen molar-refractivity contribution in [3.63, 3.8) is 0 Å². The van der Waals surface area contributed by atoms with Gasteiger partial charge in [-0.1, -0.05) is 103 Å². The summed E-state index contributed by atoms with van der Waals surface area (Å²) in [6.45, 7) is 0. The van der Waals surface area contributed by atoms with Crippen molar-refractivity contribution in [2.45, 2.75) is 12.8 Å². The number of benzene rings is 7. The maximum absolute atomic E-state index is 6.62. The average molecular weight is 579 g/mol. The third-order valence-corrected chi connectivity index (χ3v) is 10.7. The fourth-order valence-electron chi connectivity index (χ4n) is 7.52. The Labute approximate surface area is 258 Å². The largest absolute Gasteiger partial charge is 0.455 e. The van der Waals surface area contributed by atoms with E-state index < -0.39 is 0 Å². The van der Waals surface area contributed by atoms with E-state index in [0.717, 1.165) is 40.2 Å². The SMILES string of the molecule is C1=Cc2c(sc3ccc(-c4c5ccccc5c(-c5ccc6c(c5)oc5c7ccccc7ccc65)c5ccccc45)cc23)CC1. The highest BCUT2D eigenvalue weighted by Crippen LogP contribution is 2.46. The van der Waals surface area contributed by atoms with Crippen LogP contribution < -0.4 is 0 Å². The Kier molecular flexibility index (Phi) is 5.05. The van der Waals surface area contributed by atoms with E-state index in [2.05, 4.69) is 133 Å². The Morgan fingerprint density at radius 3 is 1.91 bits per heavy atom. The maximum atomic E-state index is 6.62. The standard InChI is InChI=1S/C42H26OS/c1-2-10-28-25(9-1)17-21-35-29-20-18-27(24-37(29)43-42(28)35)41-33-14-5-3-12-31(33)40(32-13-4-6-15-34(32)41)26-19-22-39-36(23-26)30-11-7-8-16-38(30)44-39/h1-7,9-15,17-24H,8,16H2. The molecule has 0 saturated heterocycles. The monoisotopic (exact) mass is 578 g/mol. The summed E-state index contributed by atoms with van der Waals surface area (Å²) in [5.74, 6) is 0. The van der Waals surface area contributed by atoms with Crippen molar-refractivity contribution in [2.75, 3.05) is 0 Å². The van der Waals surface area contributed by atoms with Crippen molar-refractivity contribution in [1.29, 1.82) is 0 Å². The Morgan fingerprint density at radius 1 is 0.523 bits per heavy atom. The van der Waals surface area contributed by atoms with Gasteiger partial charge in [-0.2, -0.15) is 0 Å². The molecule has 0 saturated carbocycles. The van der Waals surface area contributed by atoms with Crippen LogP contribution in [0.15, 0.2) is 132 Å². The first-order valence-corrected chi connectivity index (χ1v) is 16.1. The minimum Gasteiger partial charge on any atom is -0.455 e. The number of thiophene rings is 1. The lowest BCUT2D eigenvalue weighted by Crippen LogP contribution is -1.91. The molecule has 0 radical (unpaired) electrons. The topological polar surface area (TPSA) is 13.1 Å². The van der Waals surface area contributed by atoms with Crippen molar-refractivity contribution < 1.29 is 4.42 Å². The normalized spacial score (nSPS) is 13.2. The molecule has 2 aromatic heterocycles. The third kappa shape index (κ3) is 3.40. The highest BCUT2D eigenvalue weighted by molar-refractivity contribution is 7.19. The molecule has 2 heteroatoms. The zero-order valence-electron chi connectivity index (χ0n) is 23.9. The first-order chi connectivity index (χ1) is 21.8. The van der Waals surface area contributed by atoms with Gasteiger partial charge in [0.05, 0.1) is 0 Å².